The summed E-state index contributed by atoms with van der Waals surface area (Å²) >= 11 is 0. The third kappa shape index (κ3) is 2.27. The van der Waals surface area contributed by atoms with Crippen molar-refractivity contribution in [3.63, 3.8) is 0 Å². The summed E-state index contributed by atoms with van der Waals surface area (Å²) in [5.41, 5.74) is 5.79. The Kier molecular flexibility index (Phi) is 3.18. The van der Waals surface area contributed by atoms with Gasteiger partial charge in [-0.25, -0.2) is 0 Å². The summed E-state index contributed by atoms with van der Waals surface area (Å²) < 4.78 is 0. The van der Waals surface area contributed by atoms with Crippen LogP contribution < -0.4 is 4.90 Å². The predicted molar refractivity (Wildman–Crippen MR) is 79.7 cm³/mol. The Hall–Kier alpha value is -2.29. The molecule has 1 heterocycles. The number of hydrogen-bond donors (Lipinski definition) is 1. The van der Waals surface area contributed by atoms with E-state index in [1.807, 2.05) is 25.1 Å². The standard InChI is InChI=1S/C17H17NO2/c1-12-10-13(11-17(19)20)6-7-15(12)18-9-8-14-4-2-3-5-16(14)18/h2-7,10H,8-9,11H2,1H3,(H,19,20). The molecule has 0 aliphatic carbocycles. The first-order valence-corrected chi connectivity index (χ1v) is 6.82. The zero-order valence-electron chi connectivity index (χ0n) is 11.5. The van der Waals surface area contributed by atoms with Crippen molar-refractivity contribution in [3.05, 3.63) is 59.2 Å². The molecule has 0 saturated carbocycles. The van der Waals surface area contributed by atoms with Gasteiger partial charge in [-0.2, -0.15) is 0 Å². The molecule has 20 heavy (non-hydrogen) atoms. The van der Waals surface area contributed by atoms with Crippen molar-refractivity contribution in [2.75, 3.05) is 11.4 Å². The van der Waals surface area contributed by atoms with E-state index in [1.54, 1.807) is 0 Å². The average molecular weight is 267 g/mol. The first-order valence-electron chi connectivity index (χ1n) is 6.82. The van der Waals surface area contributed by atoms with Crippen LogP contribution in [-0.2, 0) is 17.6 Å². The van der Waals surface area contributed by atoms with Crippen LogP contribution >= 0.6 is 0 Å². The summed E-state index contributed by atoms with van der Waals surface area (Å²) in [4.78, 5) is 13.1. The number of rotatable bonds is 3. The number of carboxylic acids is 1. The van der Waals surface area contributed by atoms with Gasteiger partial charge in [0.15, 0.2) is 0 Å². The minimum atomic E-state index is -0.788. The highest BCUT2D eigenvalue weighted by atomic mass is 16.4. The highest BCUT2D eigenvalue weighted by Gasteiger charge is 2.21. The number of aliphatic carboxylic acids is 1. The zero-order valence-corrected chi connectivity index (χ0v) is 11.5. The fraction of sp³-hybridized carbons (Fsp3) is 0.235. The van der Waals surface area contributed by atoms with Crippen LogP contribution in [0.4, 0.5) is 11.4 Å². The predicted octanol–water partition coefficient (Wildman–Crippen LogP) is 3.32. The molecule has 0 fully saturated rings. The molecular formula is C17H17NO2. The molecule has 3 nitrogen and oxygen atoms in total. The normalized spacial score (nSPS) is 13.3. The van der Waals surface area contributed by atoms with Gasteiger partial charge in [0.25, 0.3) is 0 Å². The molecule has 1 aliphatic heterocycles. The Balaban J connectivity index is 1.94. The molecule has 0 radical (unpaired) electrons. The van der Waals surface area contributed by atoms with Crippen molar-refractivity contribution in [3.8, 4) is 0 Å². The van der Waals surface area contributed by atoms with Crippen molar-refractivity contribution in [2.24, 2.45) is 0 Å². The lowest BCUT2D eigenvalue weighted by molar-refractivity contribution is -0.136. The number of nitrogens with zero attached hydrogens (tertiary/aromatic N) is 1. The molecular weight excluding hydrogens is 250 g/mol. The molecule has 0 amide bonds. The van der Waals surface area contributed by atoms with Gasteiger partial charge in [-0.15, -0.1) is 0 Å². The lowest BCUT2D eigenvalue weighted by Gasteiger charge is -2.22. The fourth-order valence-electron chi connectivity index (χ4n) is 2.89. The number of fused-ring (bicyclic) bond motifs is 1. The summed E-state index contributed by atoms with van der Waals surface area (Å²) in [5, 5.41) is 8.86. The van der Waals surface area contributed by atoms with E-state index in [0.717, 1.165) is 24.1 Å². The number of aryl methyl sites for hydroxylation is 1. The molecule has 0 atom stereocenters. The fourth-order valence-corrected chi connectivity index (χ4v) is 2.89. The lowest BCUT2D eigenvalue weighted by Crippen LogP contribution is -2.14. The Morgan fingerprint density at radius 2 is 2.00 bits per heavy atom. The molecule has 0 spiro atoms. The zero-order chi connectivity index (χ0) is 14.1. The number of hydrogen-bond acceptors (Lipinski definition) is 2. The number of benzene rings is 2. The summed E-state index contributed by atoms with van der Waals surface area (Å²) in [6.45, 7) is 3.03. The summed E-state index contributed by atoms with van der Waals surface area (Å²) in [5.74, 6) is -0.788. The number of carboxylic acid groups (broad SMARTS) is 1. The smallest absolute Gasteiger partial charge is 0.307 e. The van der Waals surface area contributed by atoms with Gasteiger partial charge in [0.2, 0.25) is 0 Å². The van der Waals surface area contributed by atoms with E-state index in [4.69, 9.17) is 5.11 Å². The first kappa shape index (κ1) is 12.7. The number of carbonyl (C=O) groups is 1. The monoisotopic (exact) mass is 267 g/mol. The largest absolute Gasteiger partial charge is 0.481 e. The van der Waals surface area contributed by atoms with Crippen LogP contribution in [0.2, 0.25) is 0 Å². The van der Waals surface area contributed by atoms with E-state index in [1.165, 1.54) is 16.9 Å². The van der Waals surface area contributed by atoms with Gasteiger partial charge in [0, 0.05) is 17.9 Å². The second-order valence-electron chi connectivity index (χ2n) is 5.22. The molecule has 102 valence electrons. The van der Waals surface area contributed by atoms with Crippen LogP contribution in [0.15, 0.2) is 42.5 Å². The average Bonchev–Trinajstić information content (AvgIpc) is 2.82. The SMILES string of the molecule is Cc1cc(CC(=O)O)ccc1N1CCc2ccccc21. The number of para-hydroxylation sites is 1. The quantitative estimate of drug-likeness (QED) is 0.927. The lowest BCUT2D eigenvalue weighted by atomic mass is 10.1. The summed E-state index contributed by atoms with van der Waals surface area (Å²) in [7, 11) is 0. The minimum absolute atomic E-state index is 0.0811. The van der Waals surface area contributed by atoms with Crippen molar-refractivity contribution in [1.29, 1.82) is 0 Å². The first-order chi connectivity index (χ1) is 9.65. The molecule has 2 aromatic rings. The van der Waals surface area contributed by atoms with Gasteiger partial charge in [0.05, 0.1) is 6.42 Å². The van der Waals surface area contributed by atoms with Crippen molar-refractivity contribution >= 4 is 17.3 Å². The maximum absolute atomic E-state index is 10.8. The van der Waals surface area contributed by atoms with Gasteiger partial charge in [-0.3, -0.25) is 4.79 Å². The van der Waals surface area contributed by atoms with Crippen LogP contribution in [0.1, 0.15) is 16.7 Å². The Morgan fingerprint density at radius 1 is 1.20 bits per heavy atom. The van der Waals surface area contributed by atoms with E-state index < -0.39 is 5.97 Å². The van der Waals surface area contributed by atoms with Crippen molar-refractivity contribution < 1.29 is 9.90 Å². The van der Waals surface area contributed by atoms with E-state index in [0.29, 0.717) is 0 Å². The third-order valence-corrected chi connectivity index (χ3v) is 3.79. The van der Waals surface area contributed by atoms with Gasteiger partial charge in [-0.05, 0) is 42.2 Å². The van der Waals surface area contributed by atoms with Gasteiger partial charge < -0.3 is 10.0 Å². The van der Waals surface area contributed by atoms with Gasteiger partial charge in [-0.1, -0.05) is 30.3 Å². The molecule has 0 saturated heterocycles. The van der Waals surface area contributed by atoms with Crippen molar-refractivity contribution in [2.45, 2.75) is 19.8 Å². The molecule has 3 heteroatoms. The summed E-state index contributed by atoms with van der Waals surface area (Å²) in [6, 6.07) is 14.4. The van der Waals surface area contributed by atoms with Crippen LogP contribution in [0.5, 0.6) is 0 Å². The molecule has 0 unspecified atom stereocenters. The molecule has 0 aromatic heterocycles. The van der Waals surface area contributed by atoms with Crippen LogP contribution in [0, 0.1) is 6.92 Å². The van der Waals surface area contributed by atoms with Crippen molar-refractivity contribution in [1.82, 2.24) is 0 Å². The molecule has 2 aromatic carbocycles. The second-order valence-corrected chi connectivity index (χ2v) is 5.22. The summed E-state index contributed by atoms with van der Waals surface area (Å²) in [6.07, 6.45) is 1.14. The maximum atomic E-state index is 10.8. The Bertz CT molecular complexity index is 664. The molecule has 1 N–H and O–H groups in total. The number of anilines is 2. The van der Waals surface area contributed by atoms with E-state index in [2.05, 4.69) is 29.2 Å². The van der Waals surface area contributed by atoms with E-state index in [9.17, 15) is 4.79 Å². The highest BCUT2D eigenvalue weighted by molar-refractivity contribution is 5.74. The highest BCUT2D eigenvalue weighted by Crippen LogP contribution is 2.36. The van der Waals surface area contributed by atoms with E-state index >= 15 is 0 Å². The van der Waals surface area contributed by atoms with E-state index in [-0.39, 0.29) is 6.42 Å². The van der Waals surface area contributed by atoms with Gasteiger partial charge >= 0.3 is 5.97 Å². The Morgan fingerprint density at radius 3 is 2.75 bits per heavy atom. The third-order valence-electron chi connectivity index (χ3n) is 3.79. The van der Waals surface area contributed by atoms with Gasteiger partial charge in [0.1, 0.15) is 0 Å². The van der Waals surface area contributed by atoms with Crippen LogP contribution in [0.25, 0.3) is 0 Å². The molecule has 1 aliphatic rings. The molecule has 0 bridgehead atoms. The Labute approximate surface area is 118 Å². The minimum Gasteiger partial charge on any atom is -0.481 e. The van der Waals surface area contributed by atoms with Crippen LogP contribution in [-0.4, -0.2) is 17.6 Å². The maximum Gasteiger partial charge on any atom is 0.307 e. The second kappa shape index (κ2) is 5.00. The molecule has 3 rings (SSSR count). The topological polar surface area (TPSA) is 40.5 Å². The van der Waals surface area contributed by atoms with Crippen LogP contribution in [0.3, 0.4) is 0 Å².